The summed E-state index contributed by atoms with van der Waals surface area (Å²) in [5.41, 5.74) is 6.07. The van der Waals surface area contributed by atoms with Crippen LogP contribution < -0.4 is 9.83 Å². The first-order chi connectivity index (χ1) is 13.6. The molecule has 0 aliphatic rings. The number of hydrogen-bond donors (Lipinski definition) is 2. The number of aryl methyl sites for hydroxylation is 2. The Morgan fingerprint density at radius 2 is 2.11 bits per heavy atom. The maximum atomic E-state index is 12.8. The van der Waals surface area contributed by atoms with Crippen molar-refractivity contribution >= 4 is 28.1 Å². The average Bonchev–Trinajstić information content (AvgIpc) is 3.40. The molecule has 0 unspecified atom stereocenters. The number of carbonyl (C=O) groups is 1. The van der Waals surface area contributed by atoms with Crippen LogP contribution in [0, 0.1) is 13.8 Å². The van der Waals surface area contributed by atoms with Crippen molar-refractivity contribution in [2.75, 3.05) is 5.32 Å². The number of furan rings is 1. The minimum Gasteiger partial charge on any atom is -0.472 e. The lowest BCUT2D eigenvalue weighted by molar-refractivity contribution is -0.607. The topological polar surface area (TPSA) is 92.8 Å². The van der Waals surface area contributed by atoms with E-state index in [1.807, 2.05) is 50.2 Å². The van der Waals surface area contributed by atoms with E-state index in [1.165, 1.54) is 4.80 Å². The number of carbonyl (C=O) groups excluding carboxylic acids is 1. The molecule has 0 atom stereocenters. The Morgan fingerprint density at radius 1 is 1.21 bits per heavy atom. The van der Waals surface area contributed by atoms with Crippen LogP contribution in [0.2, 0.25) is 0 Å². The normalized spacial score (nSPS) is 11.4. The second-order valence-corrected chi connectivity index (χ2v) is 6.72. The van der Waals surface area contributed by atoms with E-state index in [9.17, 15) is 4.79 Å². The van der Waals surface area contributed by atoms with Gasteiger partial charge < -0.3 is 9.73 Å². The highest BCUT2D eigenvalue weighted by atomic mass is 16.3. The fraction of sp³-hybridized carbons (Fsp3) is 0.100. The van der Waals surface area contributed by atoms with Gasteiger partial charge in [-0.2, -0.15) is 5.10 Å². The molecule has 2 N–H and O–H groups in total. The van der Waals surface area contributed by atoms with Gasteiger partial charge in [-0.15, -0.1) is 4.52 Å². The maximum Gasteiger partial charge on any atom is 0.403 e. The quantitative estimate of drug-likeness (QED) is 0.464. The lowest BCUT2D eigenvalue weighted by Crippen LogP contribution is -2.42. The lowest BCUT2D eigenvalue weighted by Gasteiger charge is -2.04. The summed E-state index contributed by atoms with van der Waals surface area (Å²) in [6.07, 6.45) is 4.92. The zero-order valence-electron chi connectivity index (χ0n) is 15.3. The molecule has 0 saturated carbocycles. The number of fused-ring (bicyclic) bond motifs is 2. The van der Waals surface area contributed by atoms with Crippen LogP contribution >= 0.6 is 0 Å². The molecule has 4 heterocycles. The van der Waals surface area contributed by atoms with Gasteiger partial charge in [0.15, 0.2) is 5.52 Å². The van der Waals surface area contributed by atoms with Crippen molar-refractivity contribution in [2.24, 2.45) is 0 Å². The van der Waals surface area contributed by atoms with Crippen molar-refractivity contribution in [2.45, 2.75) is 13.8 Å². The van der Waals surface area contributed by atoms with Crippen LogP contribution in [-0.2, 0) is 0 Å². The fourth-order valence-electron chi connectivity index (χ4n) is 3.47. The van der Waals surface area contributed by atoms with E-state index in [1.54, 1.807) is 23.2 Å². The van der Waals surface area contributed by atoms with Crippen molar-refractivity contribution in [3.63, 3.8) is 0 Å². The van der Waals surface area contributed by atoms with Crippen LogP contribution in [0.3, 0.4) is 0 Å². The van der Waals surface area contributed by atoms with Crippen LogP contribution in [0.4, 0.5) is 10.5 Å². The van der Waals surface area contributed by atoms with Crippen molar-refractivity contribution in [3.8, 4) is 11.3 Å². The summed E-state index contributed by atoms with van der Waals surface area (Å²) in [4.78, 5) is 14.2. The molecule has 0 radical (unpaired) electrons. The number of aromatic amines is 1. The van der Waals surface area contributed by atoms with Gasteiger partial charge in [-0.1, -0.05) is 0 Å². The standard InChI is InChI=1S/C20H16N6O2/c1-12-7-13(2)25-16(8-12)10-21-26(25)20(27)22-15-3-4-18-17(9-15)19(24-23-18)14-5-6-28-11-14/h3-11,21H,1-2H3/p+1. The molecule has 0 fully saturated rings. The van der Waals surface area contributed by atoms with E-state index in [2.05, 4.69) is 20.6 Å². The molecule has 28 heavy (non-hydrogen) atoms. The van der Waals surface area contributed by atoms with Crippen LogP contribution in [-0.4, -0.2) is 26.1 Å². The SMILES string of the molecule is Cc1cc(C)[n+]2c(cnn2C(=O)Nc2ccc3[nH]nc(-c4ccoc4)c3c2)c1. The summed E-state index contributed by atoms with van der Waals surface area (Å²) < 4.78 is 6.93. The number of amides is 1. The summed E-state index contributed by atoms with van der Waals surface area (Å²) in [6.45, 7) is 3.96. The molecule has 0 aliphatic heterocycles. The first-order valence-corrected chi connectivity index (χ1v) is 8.79. The summed E-state index contributed by atoms with van der Waals surface area (Å²) >= 11 is 0. The molecule has 8 nitrogen and oxygen atoms in total. The number of nitrogens with one attached hydrogen (secondary N) is 2. The minimum absolute atomic E-state index is 0.348. The third-order valence-electron chi connectivity index (χ3n) is 4.67. The van der Waals surface area contributed by atoms with Gasteiger partial charge in [-0.05, 0) is 48.9 Å². The molecule has 0 bridgehead atoms. The van der Waals surface area contributed by atoms with E-state index in [-0.39, 0.29) is 6.03 Å². The van der Waals surface area contributed by atoms with E-state index < -0.39 is 0 Å². The fourth-order valence-corrected chi connectivity index (χ4v) is 3.47. The molecule has 1 amide bonds. The number of H-pyrrole nitrogens is 1. The Hall–Kier alpha value is -3.94. The number of pyridine rings is 1. The molecule has 0 saturated heterocycles. The Labute approximate surface area is 159 Å². The molecule has 5 rings (SSSR count). The molecular formula is C20H17N6O2+. The van der Waals surface area contributed by atoms with Crippen molar-refractivity contribution in [1.29, 1.82) is 0 Å². The van der Waals surface area contributed by atoms with Gasteiger partial charge >= 0.3 is 6.03 Å². The van der Waals surface area contributed by atoms with Crippen LogP contribution in [0.15, 0.2) is 59.5 Å². The molecule has 1 aromatic carbocycles. The summed E-state index contributed by atoms with van der Waals surface area (Å²) in [7, 11) is 0. The summed E-state index contributed by atoms with van der Waals surface area (Å²) in [6, 6.07) is 11.1. The van der Waals surface area contributed by atoms with Gasteiger partial charge in [0.1, 0.15) is 11.4 Å². The Morgan fingerprint density at radius 3 is 2.93 bits per heavy atom. The lowest BCUT2D eigenvalue weighted by atomic mass is 10.1. The number of aromatic nitrogens is 5. The monoisotopic (exact) mass is 373 g/mol. The van der Waals surface area contributed by atoms with E-state index >= 15 is 0 Å². The Kier molecular flexibility index (Phi) is 3.51. The van der Waals surface area contributed by atoms with Gasteiger partial charge in [-0.25, -0.2) is 4.79 Å². The third-order valence-corrected chi connectivity index (χ3v) is 4.67. The number of hydrogen-bond acceptors (Lipinski definition) is 4. The molecular weight excluding hydrogens is 356 g/mol. The molecule has 0 spiro atoms. The maximum absolute atomic E-state index is 12.8. The summed E-state index contributed by atoms with van der Waals surface area (Å²) in [5.74, 6) is 0. The highest BCUT2D eigenvalue weighted by molar-refractivity contribution is 5.97. The smallest absolute Gasteiger partial charge is 0.403 e. The summed E-state index contributed by atoms with van der Waals surface area (Å²) in [5, 5.41) is 15.4. The number of nitrogens with zero attached hydrogens (tertiary/aromatic N) is 4. The first kappa shape index (κ1) is 16.2. The predicted molar refractivity (Wildman–Crippen MR) is 103 cm³/mol. The predicted octanol–water partition coefficient (Wildman–Crippen LogP) is 3.46. The van der Waals surface area contributed by atoms with Crippen LogP contribution in [0.1, 0.15) is 11.3 Å². The highest BCUT2D eigenvalue weighted by Gasteiger charge is 2.21. The van der Waals surface area contributed by atoms with Crippen molar-refractivity contribution < 1.29 is 13.7 Å². The Balaban J connectivity index is 1.52. The molecule has 4 aromatic heterocycles. The van der Waals surface area contributed by atoms with Crippen molar-refractivity contribution in [3.05, 3.63) is 66.4 Å². The molecule has 5 aromatic rings. The minimum atomic E-state index is -0.348. The number of benzene rings is 1. The van der Waals surface area contributed by atoms with E-state index in [4.69, 9.17) is 4.42 Å². The first-order valence-electron chi connectivity index (χ1n) is 8.79. The molecule has 138 valence electrons. The largest absolute Gasteiger partial charge is 0.472 e. The van der Waals surface area contributed by atoms with Crippen LogP contribution in [0.5, 0.6) is 0 Å². The average molecular weight is 373 g/mol. The molecule has 8 heteroatoms. The third kappa shape index (κ3) is 2.54. The van der Waals surface area contributed by atoms with Crippen molar-refractivity contribution in [1.82, 2.24) is 20.1 Å². The zero-order valence-corrected chi connectivity index (χ0v) is 15.3. The van der Waals surface area contributed by atoms with E-state index in [0.29, 0.717) is 5.69 Å². The number of rotatable bonds is 2. The van der Waals surface area contributed by atoms with E-state index in [0.717, 1.165) is 38.9 Å². The molecule has 0 aliphatic carbocycles. The number of anilines is 1. The Bertz CT molecular complexity index is 1330. The second kappa shape index (κ2) is 6.05. The zero-order chi connectivity index (χ0) is 19.3. The van der Waals surface area contributed by atoms with Gasteiger partial charge in [0.2, 0.25) is 6.20 Å². The van der Waals surface area contributed by atoms with Gasteiger partial charge in [0.25, 0.3) is 0 Å². The second-order valence-electron chi connectivity index (χ2n) is 6.72. The van der Waals surface area contributed by atoms with Gasteiger partial charge in [-0.3, -0.25) is 5.10 Å². The van der Waals surface area contributed by atoms with Gasteiger partial charge in [0, 0.05) is 23.6 Å². The van der Waals surface area contributed by atoms with Crippen LogP contribution in [0.25, 0.3) is 27.7 Å². The van der Waals surface area contributed by atoms with Gasteiger partial charge in [0.05, 0.1) is 27.9 Å². The highest BCUT2D eigenvalue weighted by Crippen LogP contribution is 2.28.